The standard InChI is InChI=1S/C19H21NO2S2/c1-18(2,3)20(16-12-13-8-5-6-9-14(13)24-16)19(4,17(21)22)15-10-7-11-23-15/h5-12H,1-4H3,(H,21,22)/t19-/m1/s1. The number of thiophene rings is 2. The summed E-state index contributed by atoms with van der Waals surface area (Å²) < 4.78 is 1.17. The molecule has 0 amide bonds. The normalized spacial score (nSPS) is 14.5. The van der Waals surface area contributed by atoms with Gasteiger partial charge in [0.25, 0.3) is 0 Å². The van der Waals surface area contributed by atoms with Gasteiger partial charge in [-0.15, -0.1) is 22.7 Å². The lowest BCUT2D eigenvalue weighted by atomic mass is 9.91. The molecule has 0 spiro atoms. The first-order chi connectivity index (χ1) is 11.2. The van der Waals surface area contributed by atoms with Crippen molar-refractivity contribution in [2.45, 2.75) is 38.8 Å². The highest BCUT2D eigenvalue weighted by Gasteiger charge is 2.47. The minimum atomic E-state index is -1.12. The monoisotopic (exact) mass is 359 g/mol. The lowest BCUT2D eigenvalue weighted by Crippen LogP contribution is -2.57. The van der Waals surface area contributed by atoms with Crippen LogP contribution in [0.2, 0.25) is 0 Å². The first-order valence-corrected chi connectivity index (χ1v) is 9.50. The maximum atomic E-state index is 12.4. The molecule has 0 bridgehead atoms. The van der Waals surface area contributed by atoms with Crippen LogP contribution in [0.3, 0.4) is 0 Å². The molecule has 0 aliphatic heterocycles. The van der Waals surface area contributed by atoms with E-state index in [1.165, 1.54) is 16.0 Å². The third-order valence-corrected chi connectivity index (χ3v) is 6.35. The van der Waals surface area contributed by atoms with Crippen molar-refractivity contribution in [2.75, 3.05) is 4.90 Å². The number of carbonyl (C=O) groups is 1. The molecule has 0 saturated carbocycles. The number of aliphatic carboxylic acids is 1. The third-order valence-electron chi connectivity index (χ3n) is 4.17. The molecular weight excluding hydrogens is 338 g/mol. The highest BCUT2D eigenvalue weighted by atomic mass is 32.1. The first-order valence-electron chi connectivity index (χ1n) is 7.81. The Kier molecular flexibility index (Phi) is 4.18. The molecule has 1 aromatic carbocycles. The van der Waals surface area contributed by atoms with Crippen LogP contribution in [-0.2, 0) is 10.3 Å². The number of anilines is 1. The largest absolute Gasteiger partial charge is 0.479 e. The highest BCUT2D eigenvalue weighted by Crippen LogP contribution is 2.45. The zero-order valence-electron chi connectivity index (χ0n) is 14.2. The minimum Gasteiger partial charge on any atom is -0.479 e. The molecule has 5 heteroatoms. The lowest BCUT2D eigenvalue weighted by molar-refractivity contribution is -0.143. The van der Waals surface area contributed by atoms with Crippen molar-refractivity contribution in [3.8, 4) is 0 Å². The van der Waals surface area contributed by atoms with Gasteiger partial charge in [-0.25, -0.2) is 4.79 Å². The number of carboxylic acid groups (broad SMARTS) is 1. The maximum Gasteiger partial charge on any atom is 0.334 e. The number of fused-ring (bicyclic) bond motifs is 1. The maximum absolute atomic E-state index is 12.4. The first kappa shape index (κ1) is 17.0. The molecule has 24 heavy (non-hydrogen) atoms. The molecule has 0 fully saturated rings. The molecule has 3 nitrogen and oxygen atoms in total. The van der Waals surface area contributed by atoms with Crippen LogP contribution in [0.1, 0.15) is 32.6 Å². The van der Waals surface area contributed by atoms with E-state index in [0.717, 1.165) is 15.3 Å². The summed E-state index contributed by atoms with van der Waals surface area (Å²) in [5.41, 5.74) is -1.47. The van der Waals surface area contributed by atoms with E-state index in [1.807, 2.05) is 34.5 Å². The number of benzene rings is 1. The lowest BCUT2D eigenvalue weighted by Gasteiger charge is -2.46. The molecule has 2 aromatic heterocycles. The van der Waals surface area contributed by atoms with E-state index >= 15 is 0 Å². The van der Waals surface area contributed by atoms with Crippen molar-refractivity contribution in [1.82, 2.24) is 0 Å². The molecule has 0 aliphatic carbocycles. The molecule has 0 unspecified atom stereocenters. The number of nitrogens with zero attached hydrogens (tertiary/aromatic N) is 1. The van der Waals surface area contributed by atoms with Crippen LogP contribution < -0.4 is 4.90 Å². The molecule has 0 aliphatic rings. The summed E-state index contributed by atoms with van der Waals surface area (Å²) in [7, 11) is 0. The third kappa shape index (κ3) is 2.72. The summed E-state index contributed by atoms with van der Waals surface area (Å²) in [6.45, 7) is 7.99. The predicted molar refractivity (Wildman–Crippen MR) is 103 cm³/mol. The van der Waals surface area contributed by atoms with Gasteiger partial charge in [0.05, 0.1) is 5.00 Å². The van der Waals surface area contributed by atoms with Gasteiger partial charge in [0.2, 0.25) is 0 Å². The second kappa shape index (κ2) is 5.90. The van der Waals surface area contributed by atoms with E-state index in [2.05, 4.69) is 39.0 Å². The van der Waals surface area contributed by atoms with Crippen LogP contribution in [0.5, 0.6) is 0 Å². The fraction of sp³-hybridized carbons (Fsp3) is 0.316. The van der Waals surface area contributed by atoms with Crippen LogP contribution in [0.25, 0.3) is 10.1 Å². The Morgan fingerprint density at radius 3 is 2.33 bits per heavy atom. The second-order valence-electron chi connectivity index (χ2n) is 6.98. The average Bonchev–Trinajstić information content (AvgIpc) is 3.14. The number of carboxylic acids is 1. The van der Waals surface area contributed by atoms with Gasteiger partial charge in [0.15, 0.2) is 5.54 Å². The fourth-order valence-corrected chi connectivity index (χ4v) is 5.39. The molecule has 3 aromatic rings. The van der Waals surface area contributed by atoms with Gasteiger partial charge < -0.3 is 10.0 Å². The Balaban J connectivity index is 2.24. The van der Waals surface area contributed by atoms with Gasteiger partial charge in [-0.3, -0.25) is 0 Å². The molecular formula is C19H21NO2S2. The van der Waals surface area contributed by atoms with Gasteiger partial charge in [-0.05, 0) is 56.7 Å². The van der Waals surface area contributed by atoms with Crippen molar-refractivity contribution in [3.05, 3.63) is 52.7 Å². The molecule has 1 atom stereocenters. The van der Waals surface area contributed by atoms with Crippen molar-refractivity contribution in [1.29, 1.82) is 0 Å². The minimum absolute atomic E-state index is 0.349. The number of hydrogen-bond acceptors (Lipinski definition) is 4. The van der Waals surface area contributed by atoms with E-state index in [4.69, 9.17) is 0 Å². The molecule has 3 rings (SSSR count). The summed E-state index contributed by atoms with van der Waals surface area (Å²) >= 11 is 3.13. The van der Waals surface area contributed by atoms with E-state index in [9.17, 15) is 9.90 Å². The summed E-state index contributed by atoms with van der Waals surface area (Å²) in [5.74, 6) is -0.836. The summed E-state index contributed by atoms with van der Waals surface area (Å²) in [5, 5.41) is 14.2. The van der Waals surface area contributed by atoms with Crippen molar-refractivity contribution >= 4 is 43.7 Å². The number of hydrogen-bond donors (Lipinski definition) is 1. The number of rotatable bonds is 4. The SMILES string of the molecule is CC(C)(C)N(c1cc2ccccc2s1)[C@@](C)(C(=O)O)c1cccs1. The Hall–Kier alpha value is -1.85. The molecule has 0 saturated heterocycles. The fourth-order valence-electron chi connectivity index (χ4n) is 3.17. The van der Waals surface area contributed by atoms with E-state index < -0.39 is 11.5 Å². The van der Waals surface area contributed by atoms with Crippen molar-refractivity contribution in [3.63, 3.8) is 0 Å². The Bertz CT molecular complexity index is 828. The predicted octanol–water partition coefficient (Wildman–Crippen LogP) is 5.57. The van der Waals surface area contributed by atoms with Gasteiger partial charge in [0, 0.05) is 15.1 Å². The average molecular weight is 360 g/mol. The topological polar surface area (TPSA) is 40.5 Å². The Labute approximate surface area is 150 Å². The van der Waals surface area contributed by atoms with E-state index in [1.54, 1.807) is 18.3 Å². The van der Waals surface area contributed by atoms with E-state index in [0.29, 0.717) is 0 Å². The smallest absolute Gasteiger partial charge is 0.334 e. The Morgan fingerprint density at radius 1 is 1.08 bits per heavy atom. The Morgan fingerprint density at radius 2 is 1.79 bits per heavy atom. The van der Waals surface area contributed by atoms with Gasteiger partial charge in [-0.1, -0.05) is 24.3 Å². The van der Waals surface area contributed by atoms with Crippen LogP contribution in [0.4, 0.5) is 5.00 Å². The van der Waals surface area contributed by atoms with Crippen LogP contribution in [0.15, 0.2) is 47.8 Å². The second-order valence-corrected chi connectivity index (χ2v) is 8.99. The van der Waals surface area contributed by atoms with Crippen LogP contribution in [-0.4, -0.2) is 16.6 Å². The van der Waals surface area contributed by atoms with Crippen LogP contribution in [0, 0.1) is 0 Å². The zero-order valence-corrected chi connectivity index (χ0v) is 15.9. The van der Waals surface area contributed by atoms with E-state index in [-0.39, 0.29) is 5.54 Å². The van der Waals surface area contributed by atoms with Gasteiger partial charge >= 0.3 is 5.97 Å². The summed E-state index contributed by atoms with van der Waals surface area (Å²) in [6.07, 6.45) is 0. The van der Waals surface area contributed by atoms with Crippen molar-refractivity contribution in [2.24, 2.45) is 0 Å². The summed E-state index contributed by atoms with van der Waals surface area (Å²) in [6, 6.07) is 14.1. The molecule has 0 radical (unpaired) electrons. The highest BCUT2D eigenvalue weighted by molar-refractivity contribution is 7.22. The molecule has 126 valence electrons. The van der Waals surface area contributed by atoms with Gasteiger partial charge in [0.1, 0.15) is 0 Å². The summed E-state index contributed by atoms with van der Waals surface area (Å²) in [4.78, 5) is 15.2. The molecule has 2 heterocycles. The van der Waals surface area contributed by atoms with Crippen molar-refractivity contribution < 1.29 is 9.90 Å². The van der Waals surface area contributed by atoms with Crippen LogP contribution >= 0.6 is 22.7 Å². The molecule has 1 N–H and O–H groups in total. The quantitative estimate of drug-likeness (QED) is 0.662. The van der Waals surface area contributed by atoms with Gasteiger partial charge in [-0.2, -0.15) is 0 Å². The zero-order chi connectivity index (χ0) is 17.5.